The molecule has 1 aliphatic rings. The molecule has 3 rings (SSSR count). The van der Waals surface area contributed by atoms with Crippen LogP contribution in [0.4, 0.5) is 0 Å². The molecule has 1 N–H and O–H groups in total. The van der Waals surface area contributed by atoms with E-state index in [-0.39, 0.29) is 29.3 Å². The van der Waals surface area contributed by atoms with E-state index in [9.17, 15) is 9.59 Å². The molecule has 0 aliphatic carbocycles. The minimum Gasteiger partial charge on any atom is -0.467 e. The van der Waals surface area contributed by atoms with Crippen molar-refractivity contribution in [3.8, 4) is 0 Å². The molecule has 0 fully saturated rings. The number of hydrogen-bond donors (Lipinski definition) is 1. The molecule has 0 radical (unpaired) electrons. The van der Waals surface area contributed by atoms with Crippen LogP contribution in [0, 0.1) is 0 Å². The van der Waals surface area contributed by atoms with Gasteiger partial charge in [0, 0.05) is 23.7 Å². The van der Waals surface area contributed by atoms with Crippen LogP contribution < -0.4 is 10.9 Å². The predicted octanol–water partition coefficient (Wildman–Crippen LogP) is 2.49. The van der Waals surface area contributed by atoms with Crippen molar-refractivity contribution in [2.75, 3.05) is 5.75 Å². The molecule has 24 heavy (non-hydrogen) atoms. The van der Waals surface area contributed by atoms with E-state index in [1.165, 1.54) is 11.8 Å². The van der Waals surface area contributed by atoms with E-state index >= 15 is 0 Å². The van der Waals surface area contributed by atoms with Gasteiger partial charge in [-0.3, -0.25) is 14.2 Å². The second kappa shape index (κ2) is 6.47. The maximum Gasteiger partial charge on any atom is 0.254 e. The smallest absolute Gasteiger partial charge is 0.254 e. The fourth-order valence-electron chi connectivity index (χ4n) is 2.57. The molecule has 0 aromatic carbocycles. The SMILES string of the molecule is CC(C)(C)c1cc(=O)n2c(n1)SCC2CC(=O)NCc1ccco1. The first kappa shape index (κ1) is 16.8. The lowest BCUT2D eigenvalue weighted by Crippen LogP contribution is -2.31. The van der Waals surface area contributed by atoms with Crippen LogP contribution in [0.1, 0.15) is 44.7 Å². The van der Waals surface area contributed by atoms with Crippen LogP contribution in [0.3, 0.4) is 0 Å². The van der Waals surface area contributed by atoms with E-state index in [0.29, 0.717) is 23.2 Å². The Bertz CT molecular complexity index is 790. The van der Waals surface area contributed by atoms with Gasteiger partial charge in [0.2, 0.25) is 5.91 Å². The molecule has 6 nitrogen and oxygen atoms in total. The van der Waals surface area contributed by atoms with Gasteiger partial charge in [-0.2, -0.15) is 0 Å². The molecule has 0 bridgehead atoms. The fourth-order valence-corrected chi connectivity index (χ4v) is 3.72. The first-order chi connectivity index (χ1) is 11.3. The summed E-state index contributed by atoms with van der Waals surface area (Å²) in [5, 5.41) is 3.53. The summed E-state index contributed by atoms with van der Waals surface area (Å²) in [4.78, 5) is 29.2. The Hall–Kier alpha value is -2.02. The lowest BCUT2D eigenvalue weighted by Gasteiger charge is -2.19. The number of aromatic nitrogens is 2. The number of rotatable bonds is 4. The van der Waals surface area contributed by atoms with Gasteiger partial charge in [0.1, 0.15) is 5.76 Å². The van der Waals surface area contributed by atoms with Crippen LogP contribution in [0.25, 0.3) is 0 Å². The minimum atomic E-state index is -0.173. The molecular weight excluding hydrogens is 326 g/mol. The molecule has 1 amide bonds. The summed E-state index contributed by atoms with van der Waals surface area (Å²) in [6.45, 7) is 6.45. The Morgan fingerprint density at radius 1 is 1.50 bits per heavy atom. The highest BCUT2D eigenvalue weighted by atomic mass is 32.2. The normalized spacial score (nSPS) is 16.9. The molecule has 0 saturated heterocycles. The van der Waals surface area contributed by atoms with Crippen molar-refractivity contribution >= 4 is 17.7 Å². The Morgan fingerprint density at radius 3 is 2.96 bits per heavy atom. The minimum absolute atomic E-state index is 0.0845. The number of carbonyl (C=O) groups excluding carboxylic acids is 1. The molecule has 0 saturated carbocycles. The van der Waals surface area contributed by atoms with Crippen LogP contribution >= 0.6 is 11.8 Å². The van der Waals surface area contributed by atoms with Crippen LogP contribution in [-0.2, 0) is 16.8 Å². The van der Waals surface area contributed by atoms with Crippen molar-refractivity contribution in [2.45, 2.75) is 50.4 Å². The van der Waals surface area contributed by atoms with Gasteiger partial charge in [-0.05, 0) is 12.1 Å². The zero-order chi connectivity index (χ0) is 17.3. The van der Waals surface area contributed by atoms with E-state index in [1.54, 1.807) is 23.0 Å². The third-order valence-corrected chi connectivity index (χ3v) is 5.02. The molecule has 1 aliphatic heterocycles. The van der Waals surface area contributed by atoms with Crippen LogP contribution in [-0.4, -0.2) is 21.2 Å². The zero-order valence-electron chi connectivity index (χ0n) is 14.0. The number of nitrogens with one attached hydrogen (secondary N) is 1. The van der Waals surface area contributed by atoms with Crippen molar-refractivity contribution in [1.82, 2.24) is 14.9 Å². The molecule has 3 heterocycles. The molecule has 1 atom stereocenters. The summed E-state index contributed by atoms with van der Waals surface area (Å²) in [5.41, 5.74) is 0.529. The van der Waals surface area contributed by atoms with Gasteiger partial charge in [0.25, 0.3) is 5.56 Å². The van der Waals surface area contributed by atoms with Gasteiger partial charge in [-0.25, -0.2) is 4.98 Å². The number of furan rings is 1. The van der Waals surface area contributed by atoms with Crippen molar-refractivity contribution in [1.29, 1.82) is 0 Å². The quantitative estimate of drug-likeness (QED) is 0.860. The molecule has 2 aromatic heterocycles. The standard InChI is InChI=1S/C17H21N3O3S/c1-17(2,3)13-8-15(22)20-11(10-24-16(20)19-13)7-14(21)18-9-12-5-4-6-23-12/h4-6,8,11H,7,9-10H2,1-3H3,(H,18,21). The number of fused-ring (bicyclic) bond motifs is 1. The number of carbonyl (C=O) groups is 1. The topological polar surface area (TPSA) is 77.1 Å². The van der Waals surface area contributed by atoms with E-state index < -0.39 is 0 Å². The maximum atomic E-state index is 12.5. The highest BCUT2D eigenvalue weighted by Gasteiger charge is 2.29. The lowest BCUT2D eigenvalue weighted by atomic mass is 9.92. The Morgan fingerprint density at radius 2 is 2.29 bits per heavy atom. The molecule has 128 valence electrons. The van der Waals surface area contributed by atoms with Crippen molar-refractivity contribution < 1.29 is 9.21 Å². The van der Waals surface area contributed by atoms with E-state index in [2.05, 4.69) is 10.3 Å². The fraction of sp³-hybridized carbons (Fsp3) is 0.471. The summed E-state index contributed by atoms with van der Waals surface area (Å²) in [6.07, 6.45) is 1.83. The van der Waals surface area contributed by atoms with Gasteiger partial charge in [-0.15, -0.1) is 0 Å². The number of thioether (sulfide) groups is 1. The van der Waals surface area contributed by atoms with Crippen LogP contribution in [0.15, 0.2) is 38.8 Å². The monoisotopic (exact) mass is 347 g/mol. The van der Waals surface area contributed by atoms with Crippen LogP contribution in [0.5, 0.6) is 0 Å². The summed E-state index contributed by atoms with van der Waals surface area (Å²) < 4.78 is 6.84. The summed E-state index contributed by atoms with van der Waals surface area (Å²) in [6, 6.07) is 5.02. The van der Waals surface area contributed by atoms with Gasteiger partial charge in [0.05, 0.1) is 24.5 Å². The highest BCUT2D eigenvalue weighted by Crippen LogP contribution is 2.33. The second-order valence-electron chi connectivity index (χ2n) is 6.91. The van der Waals surface area contributed by atoms with E-state index in [0.717, 1.165) is 5.69 Å². The molecule has 0 spiro atoms. The highest BCUT2D eigenvalue weighted by molar-refractivity contribution is 7.99. The number of amides is 1. The van der Waals surface area contributed by atoms with E-state index in [1.807, 2.05) is 26.8 Å². The van der Waals surface area contributed by atoms with Crippen molar-refractivity contribution in [3.05, 3.63) is 46.3 Å². The first-order valence-electron chi connectivity index (χ1n) is 7.90. The summed E-state index contributed by atoms with van der Waals surface area (Å²) in [5.74, 6) is 1.29. The average Bonchev–Trinajstić information content (AvgIpc) is 3.14. The van der Waals surface area contributed by atoms with Gasteiger partial charge in [0.15, 0.2) is 5.16 Å². The Balaban J connectivity index is 1.70. The molecule has 7 heteroatoms. The predicted molar refractivity (Wildman–Crippen MR) is 92.1 cm³/mol. The maximum absolute atomic E-state index is 12.5. The third-order valence-electron chi connectivity index (χ3n) is 3.92. The molecule has 1 unspecified atom stereocenters. The lowest BCUT2D eigenvalue weighted by molar-refractivity contribution is -0.122. The van der Waals surface area contributed by atoms with Gasteiger partial charge >= 0.3 is 0 Å². The average molecular weight is 347 g/mol. The Labute approximate surface area is 144 Å². The third kappa shape index (κ3) is 3.56. The number of hydrogen-bond acceptors (Lipinski definition) is 5. The van der Waals surface area contributed by atoms with Crippen molar-refractivity contribution in [2.24, 2.45) is 0 Å². The second-order valence-corrected chi connectivity index (χ2v) is 7.89. The van der Waals surface area contributed by atoms with E-state index in [4.69, 9.17) is 4.42 Å². The zero-order valence-corrected chi connectivity index (χ0v) is 14.9. The van der Waals surface area contributed by atoms with Gasteiger partial charge in [-0.1, -0.05) is 32.5 Å². The molecular formula is C17H21N3O3S. The molecule has 2 aromatic rings. The number of nitrogens with zero attached hydrogens (tertiary/aromatic N) is 2. The first-order valence-corrected chi connectivity index (χ1v) is 8.89. The van der Waals surface area contributed by atoms with Gasteiger partial charge < -0.3 is 9.73 Å². The summed E-state index contributed by atoms with van der Waals surface area (Å²) in [7, 11) is 0. The van der Waals surface area contributed by atoms with Crippen LogP contribution in [0.2, 0.25) is 0 Å². The van der Waals surface area contributed by atoms with Crippen molar-refractivity contribution in [3.63, 3.8) is 0 Å². The largest absolute Gasteiger partial charge is 0.467 e. The summed E-state index contributed by atoms with van der Waals surface area (Å²) >= 11 is 1.53. The Kier molecular flexibility index (Phi) is 4.54.